The maximum absolute atomic E-state index is 14.4. The quantitative estimate of drug-likeness (QED) is 0.135. The van der Waals surface area contributed by atoms with Gasteiger partial charge in [0.05, 0.1) is 43.4 Å². The number of hydrogen-bond donors (Lipinski definition) is 12. The number of nitrogens with zero attached hydrogens (tertiary/aromatic N) is 1. The lowest BCUT2D eigenvalue weighted by Gasteiger charge is -2.33. The molecule has 338 valence electrons. The van der Waals surface area contributed by atoms with Crippen LogP contribution in [0.3, 0.4) is 0 Å². The molecule has 9 atom stereocenters. The molecule has 2 bridgehead atoms. The number of carbonyl (C=O) groups is 9. The van der Waals surface area contributed by atoms with Crippen LogP contribution in [0.5, 0.6) is 0 Å². The molecule has 13 N–H and O–H groups in total. The number of nitrogens with one attached hydrogen (secondary N) is 8. The number of aliphatic hydroxyl groups is 3. The van der Waals surface area contributed by atoms with E-state index in [-0.39, 0.29) is 18.6 Å². The summed E-state index contributed by atoms with van der Waals surface area (Å²) < 4.78 is 0. The summed E-state index contributed by atoms with van der Waals surface area (Å²) in [6.07, 6.45) is -4.26. The largest absolute Gasteiger partial charge is 0.394 e. The number of amides is 9. The van der Waals surface area contributed by atoms with Crippen LogP contribution in [0.2, 0.25) is 0 Å². The van der Waals surface area contributed by atoms with Crippen molar-refractivity contribution in [3.05, 3.63) is 29.8 Å². The van der Waals surface area contributed by atoms with Gasteiger partial charge in [0.15, 0.2) is 0 Å². The molecule has 0 radical (unpaired) electrons. The van der Waals surface area contributed by atoms with Gasteiger partial charge < -0.3 is 68.2 Å². The van der Waals surface area contributed by atoms with E-state index in [0.29, 0.717) is 21.5 Å². The van der Waals surface area contributed by atoms with E-state index >= 15 is 0 Å². The summed E-state index contributed by atoms with van der Waals surface area (Å²) in [7, 11) is 0. The van der Waals surface area contributed by atoms with Gasteiger partial charge in [0.1, 0.15) is 36.3 Å². The third-order valence-corrected chi connectivity index (χ3v) is 12.1. The van der Waals surface area contributed by atoms with Crippen molar-refractivity contribution in [1.29, 1.82) is 0 Å². The molecule has 1 fully saturated rings. The molecule has 22 nitrogen and oxygen atoms in total. The first-order valence-electron chi connectivity index (χ1n) is 20.0. The number of nitrogens with two attached hydrogens (primary N) is 1. The Labute approximate surface area is 360 Å². The predicted molar refractivity (Wildman–Crippen MR) is 220 cm³/mol. The van der Waals surface area contributed by atoms with Gasteiger partial charge in [-0.05, 0) is 17.0 Å². The number of para-hydroxylation sites is 1. The van der Waals surface area contributed by atoms with Crippen LogP contribution in [0.25, 0.3) is 10.9 Å². The third kappa shape index (κ3) is 11.4. The molecule has 1 aromatic heterocycles. The monoisotopic (exact) mass is 886 g/mol. The number of aliphatic hydroxyl groups excluding tert-OH is 3. The van der Waals surface area contributed by atoms with Crippen molar-refractivity contribution in [2.45, 2.75) is 100 Å². The minimum atomic E-state index is -1.72. The van der Waals surface area contributed by atoms with Crippen LogP contribution in [0.1, 0.15) is 46.1 Å². The van der Waals surface area contributed by atoms with Crippen LogP contribution >= 0.6 is 11.8 Å². The Morgan fingerprint density at radius 1 is 0.871 bits per heavy atom. The van der Waals surface area contributed by atoms with Gasteiger partial charge in [0, 0.05) is 42.0 Å². The number of H-pyrrole nitrogens is 1. The lowest BCUT2D eigenvalue weighted by Crippen LogP contribution is -2.62. The van der Waals surface area contributed by atoms with Crippen molar-refractivity contribution in [2.24, 2.45) is 17.1 Å². The Morgan fingerprint density at radius 2 is 1.53 bits per heavy atom. The predicted octanol–water partition coefficient (Wildman–Crippen LogP) is -4.64. The van der Waals surface area contributed by atoms with Crippen LogP contribution in [-0.2, 0) is 49.6 Å². The Balaban J connectivity index is 1.69. The molecule has 1 aromatic carbocycles. The highest BCUT2D eigenvalue weighted by molar-refractivity contribution is 7.99. The molecule has 23 heteroatoms. The number of carbonyl (C=O) groups excluding carboxylic acids is 9. The molecule has 3 aliphatic rings. The van der Waals surface area contributed by atoms with E-state index in [4.69, 9.17) is 5.73 Å². The zero-order chi connectivity index (χ0) is 45.6. The van der Waals surface area contributed by atoms with E-state index in [2.05, 4.69) is 42.2 Å². The second-order valence-electron chi connectivity index (χ2n) is 16.7. The Kier molecular flexibility index (Phi) is 15.2. The van der Waals surface area contributed by atoms with E-state index in [1.807, 2.05) is 0 Å². The average Bonchev–Trinajstić information content (AvgIpc) is 3.78. The van der Waals surface area contributed by atoms with Crippen LogP contribution in [0, 0.1) is 11.3 Å². The number of thioether (sulfide) groups is 1. The molecule has 2 aromatic rings. The van der Waals surface area contributed by atoms with Crippen LogP contribution < -0.4 is 43.0 Å². The van der Waals surface area contributed by atoms with Gasteiger partial charge >= 0.3 is 0 Å². The molecule has 62 heavy (non-hydrogen) atoms. The fourth-order valence-electron chi connectivity index (χ4n) is 7.47. The first-order valence-corrected chi connectivity index (χ1v) is 21.0. The molecule has 4 heterocycles. The number of fused-ring (bicyclic) bond motifs is 5. The topological polar surface area (TPSA) is 344 Å². The normalized spacial score (nSPS) is 27.6. The number of aromatic amines is 1. The van der Waals surface area contributed by atoms with Crippen molar-refractivity contribution >= 4 is 75.8 Å². The number of aromatic nitrogens is 1. The smallest absolute Gasteiger partial charge is 0.246 e. The molecular weight excluding hydrogens is 833 g/mol. The third-order valence-electron chi connectivity index (χ3n) is 10.9. The summed E-state index contributed by atoms with van der Waals surface area (Å²) >= 11 is 1.02. The SMILES string of the molecule is C[C@H]([C@@H]1NC(=O)[C@@H]2C[C@@H](O)CN2C(=O)[C@H](CC(N)=O)NC(=O)[C@@H]2CSc3[nH]c4ccccc4c3C[C@H](NC1=O)C(=O)NCC(=O)N[C@@H](C(C)(C)C)C(=O)NCC(=O)N2)[C@@H](O)CO. The van der Waals surface area contributed by atoms with E-state index in [0.717, 1.165) is 16.7 Å². The molecule has 0 spiro atoms. The van der Waals surface area contributed by atoms with Gasteiger partial charge in [-0.15, -0.1) is 11.8 Å². The number of rotatable bonds is 5. The lowest BCUT2D eigenvalue weighted by molar-refractivity contribution is -0.144. The van der Waals surface area contributed by atoms with E-state index < -0.39 is 146 Å². The lowest BCUT2D eigenvalue weighted by atomic mass is 9.86. The van der Waals surface area contributed by atoms with Crippen molar-refractivity contribution < 1.29 is 58.5 Å². The van der Waals surface area contributed by atoms with Gasteiger partial charge in [-0.1, -0.05) is 45.9 Å². The fraction of sp³-hybridized carbons (Fsp3) is 0.564. The fourth-order valence-corrected chi connectivity index (χ4v) is 8.59. The second-order valence-corrected chi connectivity index (χ2v) is 17.7. The van der Waals surface area contributed by atoms with Gasteiger partial charge in [-0.25, -0.2) is 0 Å². The summed E-state index contributed by atoms with van der Waals surface area (Å²) in [5.74, 6) is -9.79. The summed E-state index contributed by atoms with van der Waals surface area (Å²) in [4.78, 5) is 128. The van der Waals surface area contributed by atoms with Crippen LogP contribution in [0.15, 0.2) is 29.3 Å². The molecular formula is C39H54N10O12S. The summed E-state index contributed by atoms with van der Waals surface area (Å²) in [5, 5.41) is 49.9. The molecule has 0 unspecified atom stereocenters. The zero-order valence-corrected chi connectivity index (χ0v) is 35.4. The van der Waals surface area contributed by atoms with E-state index in [1.54, 1.807) is 45.0 Å². The van der Waals surface area contributed by atoms with Gasteiger partial charge in [0.25, 0.3) is 0 Å². The summed E-state index contributed by atoms with van der Waals surface area (Å²) in [6.45, 7) is 3.69. The van der Waals surface area contributed by atoms with Gasteiger partial charge in [-0.3, -0.25) is 43.2 Å². The van der Waals surface area contributed by atoms with Crippen LogP contribution in [-0.4, -0.2) is 159 Å². The van der Waals surface area contributed by atoms with Gasteiger partial charge in [-0.2, -0.15) is 0 Å². The van der Waals surface area contributed by atoms with Gasteiger partial charge in [0.2, 0.25) is 53.2 Å². The van der Waals surface area contributed by atoms with Crippen molar-refractivity contribution in [3.63, 3.8) is 0 Å². The second kappa shape index (κ2) is 19.9. The molecule has 0 saturated carbocycles. The Hall–Kier alpha value is -5.78. The Bertz CT molecular complexity index is 2090. The number of benzene rings is 1. The first kappa shape index (κ1) is 47.3. The first-order chi connectivity index (χ1) is 29.2. The minimum Gasteiger partial charge on any atom is -0.394 e. The highest BCUT2D eigenvalue weighted by Gasteiger charge is 2.45. The molecule has 1 saturated heterocycles. The van der Waals surface area contributed by atoms with E-state index in [1.165, 1.54) is 6.92 Å². The molecule has 0 aliphatic carbocycles. The average molecular weight is 887 g/mol. The highest BCUT2D eigenvalue weighted by atomic mass is 32.2. The van der Waals surface area contributed by atoms with Crippen molar-refractivity contribution in [2.75, 3.05) is 32.0 Å². The maximum atomic E-state index is 14.4. The minimum absolute atomic E-state index is 0.251. The number of primary amides is 1. The standard InChI is InChI=1S/C39H54N10O12S/c1-17(26(52)15-50)30-35(59)44-22-10-20-19-7-5-6-8-21(19)46-37(20)62-16-24(43-28(54)12-42-36(60)31(39(2,3)4)47-29(55)13-41-32(22)56)33(57)45-23(11-27(40)53)38(61)49-14-18(51)9-25(49)34(58)48-30/h5-8,17-18,22-26,30-31,46,50-52H,9-16H2,1-4H3,(H2,40,53)(H,41,56)(H,42,60)(H,43,54)(H,44,59)(H,45,57)(H,47,55)(H,48,58)/t17-,18+,22-,23-,24-,25-,26-,30-,31+/m0/s1. The summed E-state index contributed by atoms with van der Waals surface area (Å²) in [5.41, 5.74) is 5.61. The molecule has 9 amide bonds. The van der Waals surface area contributed by atoms with Crippen LogP contribution in [0.4, 0.5) is 0 Å². The Morgan fingerprint density at radius 3 is 2.19 bits per heavy atom. The zero-order valence-electron chi connectivity index (χ0n) is 34.6. The van der Waals surface area contributed by atoms with E-state index in [9.17, 15) is 58.5 Å². The number of hydrogen-bond acceptors (Lipinski definition) is 13. The van der Waals surface area contributed by atoms with Crippen molar-refractivity contribution in [1.82, 2.24) is 47.1 Å². The maximum Gasteiger partial charge on any atom is 0.246 e. The molecule has 5 rings (SSSR count). The van der Waals surface area contributed by atoms with Crippen molar-refractivity contribution in [3.8, 4) is 0 Å². The summed E-state index contributed by atoms with van der Waals surface area (Å²) in [6, 6.07) is -2.20. The molecule has 3 aliphatic heterocycles. The highest BCUT2D eigenvalue weighted by Crippen LogP contribution is 2.32.